The van der Waals surface area contributed by atoms with Crippen molar-refractivity contribution in [1.29, 1.82) is 0 Å². The summed E-state index contributed by atoms with van der Waals surface area (Å²) in [6.07, 6.45) is 3.55. The van der Waals surface area contributed by atoms with Gasteiger partial charge < -0.3 is 9.47 Å². The molecule has 0 N–H and O–H groups in total. The Bertz CT molecular complexity index is 836. The summed E-state index contributed by atoms with van der Waals surface area (Å²) in [5, 5.41) is 0. The van der Waals surface area contributed by atoms with E-state index >= 15 is 0 Å². The highest BCUT2D eigenvalue weighted by molar-refractivity contribution is 6.07. The molecular weight excluding hydrogens is 338 g/mol. The van der Waals surface area contributed by atoms with Crippen LogP contribution in [-0.4, -0.2) is 44.1 Å². The number of hydrogen-bond donors (Lipinski definition) is 0. The van der Waals surface area contributed by atoms with Crippen molar-refractivity contribution in [3.05, 3.63) is 70.3 Å². The van der Waals surface area contributed by atoms with Gasteiger partial charge in [-0.25, -0.2) is 0 Å². The van der Waals surface area contributed by atoms with E-state index in [2.05, 4.69) is 36.9 Å². The van der Waals surface area contributed by atoms with Crippen LogP contribution in [0.3, 0.4) is 0 Å². The van der Waals surface area contributed by atoms with Crippen molar-refractivity contribution >= 4 is 11.9 Å². The van der Waals surface area contributed by atoms with Gasteiger partial charge in [0.25, 0.3) is 0 Å². The summed E-state index contributed by atoms with van der Waals surface area (Å²) in [6.45, 7) is 8.16. The first-order valence-electron chi connectivity index (χ1n) is 9.33. The SMILES string of the molecule is COc1ccc(C(=O)/C=C/c2cc(C)ccc2C)cc1CN1CCOCC1. The fourth-order valence-corrected chi connectivity index (χ4v) is 3.26. The van der Waals surface area contributed by atoms with Crippen molar-refractivity contribution in [3.8, 4) is 5.75 Å². The van der Waals surface area contributed by atoms with Crippen LogP contribution in [0.15, 0.2) is 42.5 Å². The largest absolute Gasteiger partial charge is 0.496 e. The quantitative estimate of drug-likeness (QED) is 0.572. The number of aryl methyl sites for hydroxylation is 2. The second-order valence-corrected chi connectivity index (χ2v) is 6.97. The number of rotatable bonds is 6. The van der Waals surface area contributed by atoms with E-state index < -0.39 is 0 Å². The molecule has 0 saturated carbocycles. The lowest BCUT2D eigenvalue weighted by molar-refractivity contribution is 0.0338. The van der Waals surface area contributed by atoms with Gasteiger partial charge in [-0.05, 0) is 49.2 Å². The average Bonchev–Trinajstić information content (AvgIpc) is 2.69. The molecule has 3 rings (SSSR count). The maximum absolute atomic E-state index is 12.7. The molecule has 1 heterocycles. The normalized spacial score (nSPS) is 15.2. The number of methoxy groups -OCH3 is 1. The third kappa shape index (κ3) is 5.06. The number of carbonyl (C=O) groups is 1. The van der Waals surface area contributed by atoms with Gasteiger partial charge >= 0.3 is 0 Å². The number of carbonyl (C=O) groups excluding carboxylic acids is 1. The maximum atomic E-state index is 12.7. The highest BCUT2D eigenvalue weighted by Gasteiger charge is 2.15. The van der Waals surface area contributed by atoms with Gasteiger partial charge in [0.15, 0.2) is 5.78 Å². The fourth-order valence-electron chi connectivity index (χ4n) is 3.26. The van der Waals surface area contributed by atoms with E-state index in [0.717, 1.165) is 55.3 Å². The average molecular weight is 365 g/mol. The molecule has 0 unspecified atom stereocenters. The minimum absolute atomic E-state index is 0.00165. The molecule has 0 amide bonds. The van der Waals surface area contributed by atoms with Crippen LogP contribution in [0.25, 0.3) is 6.08 Å². The molecule has 4 heteroatoms. The highest BCUT2D eigenvalue weighted by Crippen LogP contribution is 2.23. The lowest BCUT2D eigenvalue weighted by atomic mass is 10.0. The van der Waals surface area contributed by atoms with E-state index in [1.807, 2.05) is 24.3 Å². The Morgan fingerprint density at radius 1 is 1.15 bits per heavy atom. The monoisotopic (exact) mass is 365 g/mol. The van der Waals surface area contributed by atoms with E-state index in [-0.39, 0.29) is 5.78 Å². The molecule has 0 aromatic heterocycles. The van der Waals surface area contributed by atoms with Gasteiger partial charge in [-0.1, -0.05) is 29.8 Å². The van der Waals surface area contributed by atoms with E-state index in [1.54, 1.807) is 13.2 Å². The van der Waals surface area contributed by atoms with Crippen molar-refractivity contribution < 1.29 is 14.3 Å². The summed E-state index contributed by atoms with van der Waals surface area (Å²) in [4.78, 5) is 15.0. The fraction of sp³-hybridized carbons (Fsp3) is 0.348. The van der Waals surface area contributed by atoms with Gasteiger partial charge in [0, 0.05) is 30.8 Å². The maximum Gasteiger partial charge on any atom is 0.185 e. The lowest BCUT2D eigenvalue weighted by Crippen LogP contribution is -2.35. The topological polar surface area (TPSA) is 38.8 Å². The van der Waals surface area contributed by atoms with Gasteiger partial charge in [0.1, 0.15) is 5.75 Å². The Balaban J connectivity index is 1.78. The van der Waals surface area contributed by atoms with Crippen LogP contribution in [0.5, 0.6) is 5.75 Å². The molecule has 27 heavy (non-hydrogen) atoms. The summed E-state index contributed by atoms with van der Waals surface area (Å²) in [5.74, 6) is 0.818. The highest BCUT2D eigenvalue weighted by atomic mass is 16.5. The number of allylic oxidation sites excluding steroid dienone is 1. The molecule has 0 spiro atoms. The van der Waals surface area contributed by atoms with Crippen molar-refractivity contribution in [2.75, 3.05) is 33.4 Å². The first kappa shape index (κ1) is 19.3. The van der Waals surface area contributed by atoms with Gasteiger partial charge in [-0.2, -0.15) is 0 Å². The predicted molar refractivity (Wildman–Crippen MR) is 108 cm³/mol. The number of ether oxygens (including phenoxy) is 2. The predicted octanol–water partition coefficient (Wildman–Crippen LogP) is 4.04. The number of ketones is 1. The zero-order valence-electron chi connectivity index (χ0n) is 16.3. The van der Waals surface area contributed by atoms with Crippen molar-refractivity contribution in [2.45, 2.75) is 20.4 Å². The van der Waals surface area contributed by atoms with E-state index in [4.69, 9.17) is 9.47 Å². The van der Waals surface area contributed by atoms with Crippen LogP contribution in [-0.2, 0) is 11.3 Å². The Morgan fingerprint density at radius 3 is 2.67 bits per heavy atom. The molecular formula is C23H27NO3. The van der Waals surface area contributed by atoms with Crippen LogP contribution < -0.4 is 4.74 Å². The van der Waals surface area contributed by atoms with Crippen LogP contribution in [0.2, 0.25) is 0 Å². The van der Waals surface area contributed by atoms with Gasteiger partial charge in [0.05, 0.1) is 20.3 Å². The van der Waals surface area contributed by atoms with Gasteiger partial charge in [-0.15, -0.1) is 0 Å². The smallest absolute Gasteiger partial charge is 0.185 e. The first-order chi connectivity index (χ1) is 13.1. The zero-order chi connectivity index (χ0) is 19.2. The number of morpholine rings is 1. The Kier molecular flexibility index (Phi) is 6.43. The first-order valence-corrected chi connectivity index (χ1v) is 9.33. The molecule has 0 bridgehead atoms. The van der Waals surface area contributed by atoms with Crippen molar-refractivity contribution in [1.82, 2.24) is 4.90 Å². The third-order valence-electron chi connectivity index (χ3n) is 4.91. The van der Waals surface area contributed by atoms with E-state index in [9.17, 15) is 4.79 Å². The summed E-state index contributed by atoms with van der Waals surface area (Å²) in [7, 11) is 1.67. The van der Waals surface area contributed by atoms with Crippen LogP contribution in [0.4, 0.5) is 0 Å². The van der Waals surface area contributed by atoms with Gasteiger partial charge in [0.2, 0.25) is 0 Å². The zero-order valence-corrected chi connectivity index (χ0v) is 16.3. The second-order valence-electron chi connectivity index (χ2n) is 6.97. The molecule has 4 nitrogen and oxygen atoms in total. The molecule has 1 aliphatic rings. The molecule has 0 radical (unpaired) electrons. The standard InChI is InChI=1S/C23H27NO3/c1-17-4-5-18(2)19(14-17)6-8-22(25)20-7-9-23(26-3)21(15-20)16-24-10-12-27-13-11-24/h4-9,14-15H,10-13,16H2,1-3H3/b8-6+. The second kappa shape index (κ2) is 8.98. The molecule has 142 valence electrons. The molecule has 0 atom stereocenters. The molecule has 1 aliphatic heterocycles. The number of nitrogens with zero attached hydrogens (tertiary/aromatic N) is 1. The molecule has 0 aliphatic carbocycles. The summed E-state index contributed by atoms with van der Waals surface area (Å²) in [5.41, 5.74) is 5.13. The van der Waals surface area contributed by atoms with E-state index in [1.165, 1.54) is 5.56 Å². The van der Waals surface area contributed by atoms with Gasteiger partial charge in [-0.3, -0.25) is 9.69 Å². The Morgan fingerprint density at radius 2 is 1.93 bits per heavy atom. The Labute approximate surface area is 161 Å². The molecule has 2 aromatic carbocycles. The minimum atomic E-state index is 0.00165. The van der Waals surface area contributed by atoms with Crippen LogP contribution in [0, 0.1) is 13.8 Å². The molecule has 1 fully saturated rings. The summed E-state index contributed by atoms with van der Waals surface area (Å²) < 4.78 is 10.9. The van der Waals surface area contributed by atoms with Crippen LogP contribution in [0.1, 0.15) is 32.6 Å². The van der Waals surface area contributed by atoms with Crippen LogP contribution >= 0.6 is 0 Å². The number of hydrogen-bond acceptors (Lipinski definition) is 4. The number of benzene rings is 2. The minimum Gasteiger partial charge on any atom is -0.496 e. The molecule has 1 saturated heterocycles. The third-order valence-corrected chi connectivity index (χ3v) is 4.91. The lowest BCUT2D eigenvalue weighted by Gasteiger charge is -2.27. The van der Waals surface area contributed by atoms with Crippen molar-refractivity contribution in [3.63, 3.8) is 0 Å². The van der Waals surface area contributed by atoms with E-state index in [0.29, 0.717) is 5.56 Å². The van der Waals surface area contributed by atoms with Crippen molar-refractivity contribution in [2.24, 2.45) is 0 Å². The summed E-state index contributed by atoms with van der Waals surface area (Å²) >= 11 is 0. The molecule has 2 aromatic rings. The Hall–Kier alpha value is -2.43. The summed E-state index contributed by atoms with van der Waals surface area (Å²) in [6, 6.07) is 11.9.